The van der Waals surface area contributed by atoms with Crippen molar-refractivity contribution in [2.75, 3.05) is 18.1 Å². The predicted molar refractivity (Wildman–Crippen MR) is 56.4 cm³/mol. The summed E-state index contributed by atoms with van der Waals surface area (Å²) < 4.78 is 6.79. The zero-order chi connectivity index (χ0) is 10.8. The summed E-state index contributed by atoms with van der Waals surface area (Å²) in [6.45, 7) is -0.0572. The Kier molecular flexibility index (Phi) is 2.94. The van der Waals surface area contributed by atoms with Crippen LogP contribution in [-0.2, 0) is 4.74 Å². The Morgan fingerprint density at radius 2 is 2.60 bits per heavy atom. The molecule has 1 aromatic rings. The first-order valence-electron chi connectivity index (χ1n) is 4.43. The number of anilines is 1. The van der Waals surface area contributed by atoms with Crippen molar-refractivity contribution >= 4 is 17.6 Å². The Labute approximate surface area is 90.1 Å². The van der Waals surface area contributed by atoms with E-state index in [1.807, 2.05) is 0 Å². The van der Waals surface area contributed by atoms with Crippen molar-refractivity contribution in [1.82, 2.24) is 9.55 Å². The zero-order valence-corrected chi connectivity index (χ0v) is 8.68. The highest BCUT2D eigenvalue weighted by atomic mass is 32.2. The van der Waals surface area contributed by atoms with Crippen LogP contribution in [0.1, 0.15) is 6.23 Å². The maximum absolute atomic E-state index is 11.4. The Bertz CT molecular complexity index is 408. The molecule has 2 atom stereocenters. The fourth-order valence-electron chi connectivity index (χ4n) is 1.33. The second kappa shape index (κ2) is 4.21. The van der Waals surface area contributed by atoms with Gasteiger partial charge in [0.25, 0.3) is 0 Å². The van der Waals surface area contributed by atoms with E-state index in [0.717, 1.165) is 0 Å². The first kappa shape index (κ1) is 10.5. The normalized spacial score (nSPS) is 25.7. The Balaban J connectivity index is 2.20. The molecule has 82 valence electrons. The second-order valence-corrected chi connectivity index (χ2v) is 4.27. The highest BCUT2D eigenvalue weighted by Gasteiger charge is 2.27. The quantitative estimate of drug-likeness (QED) is 0.708. The molecule has 15 heavy (non-hydrogen) atoms. The van der Waals surface area contributed by atoms with Gasteiger partial charge >= 0.3 is 5.69 Å². The van der Waals surface area contributed by atoms with Crippen LogP contribution in [0.5, 0.6) is 0 Å². The lowest BCUT2D eigenvalue weighted by atomic mass is 10.6. The molecule has 6 nitrogen and oxygen atoms in total. The number of nitrogen functional groups attached to an aromatic ring is 1. The van der Waals surface area contributed by atoms with Crippen molar-refractivity contribution in [3.8, 4) is 0 Å². The van der Waals surface area contributed by atoms with Gasteiger partial charge in [0, 0.05) is 11.9 Å². The van der Waals surface area contributed by atoms with Crippen LogP contribution in [-0.4, -0.2) is 32.5 Å². The van der Waals surface area contributed by atoms with E-state index in [4.69, 9.17) is 15.6 Å². The van der Waals surface area contributed by atoms with E-state index in [1.54, 1.807) is 12.3 Å². The minimum atomic E-state index is -0.431. The van der Waals surface area contributed by atoms with E-state index in [9.17, 15) is 4.79 Å². The van der Waals surface area contributed by atoms with Gasteiger partial charge in [-0.2, -0.15) is 4.98 Å². The van der Waals surface area contributed by atoms with Crippen LogP contribution in [0, 0.1) is 0 Å². The van der Waals surface area contributed by atoms with Crippen molar-refractivity contribution in [3.63, 3.8) is 0 Å². The molecular weight excluding hydrogens is 221 g/mol. The molecule has 1 aromatic heterocycles. The molecule has 0 unspecified atom stereocenters. The number of aliphatic hydroxyl groups excluding tert-OH is 1. The minimum absolute atomic E-state index is 0.0572. The van der Waals surface area contributed by atoms with E-state index in [1.165, 1.54) is 16.3 Å². The maximum atomic E-state index is 11.4. The summed E-state index contributed by atoms with van der Waals surface area (Å²) >= 11 is 1.47. The first-order chi connectivity index (χ1) is 7.20. The summed E-state index contributed by atoms with van der Waals surface area (Å²) in [6, 6.07) is 1.54. The molecule has 0 bridgehead atoms. The van der Waals surface area contributed by atoms with Gasteiger partial charge in [-0.15, -0.1) is 11.8 Å². The van der Waals surface area contributed by atoms with Gasteiger partial charge in [-0.1, -0.05) is 0 Å². The lowest BCUT2D eigenvalue weighted by molar-refractivity contribution is -0.00629. The lowest BCUT2D eigenvalue weighted by Crippen LogP contribution is -2.28. The topological polar surface area (TPSA) is 90.4 Å². The van der Waals surface area contributed by atoms with Gasteiger partial charge in [-0.05, 0) is 6.07 Å². The van der Waals surface area contributed by atoms with Crippen molar-refractivity contribution in [2.24, 2.45) is 0 Å². The number of hydrogen-bond donors (Lipinski definition) is 2. The Morgan fingerprint density at radius 1 is 1.80 bits per heavy atom. The van der Waals surface area contributed by atoms with Crippen LogP contribution in [0.25, 0.3) is 0 Å². The zero-order valence-electron chi connectivity index (χ0n) is 7.87. The summed E-state index contributed by atoms with van der Waals surface area (Å²) in [5, 5.41) is 8.88. The first-order valence-corrected chi connectivity index (χ1v) is 5.48. The fourth-order valence-corrected chi connectivity index (χ4v) is 2.26. The molecule has 7 heteroatoms. The van der Waals surface area contributed by atoms with Gasteiger partial charge in [0.05, 0.1) is 6.61 Å². The number of aromatic nitrogens is 2. The molecule has 1 saturated heterocycles. The van der Waals surface area contributed by atoms with Crippen molar-refractivity contribution in [1.29, 1.82) is 0 Å². The summed E-state index contributed by atoms with van der Waals surface area (Å²) in [5.74, 6) is 0.817. The molecule has 0 aromatic carbocycles. The van der Waals surface area contributed by atoms with E-state index in [2.05, 4.69) is 4.98 Å². The molecule has 0 aliphatic carbocycles. The number of aliphatic hydroxyl groups is 1. The van der Waals surface area contributed by atoms with Gasteiger partial charge in [-0.3, -0.25) is 4.57 Å². The number of nitrogens with two attached hydrogens (primary N) is 1. The largest absolute Gasteiger partial charge is 0.393 e. The summed E-state index contributed by atoms with van der Waals surface area (Å²) in [7, 11) is 0. The van der Waals surface area contributed by atoms with Gasteiger partial charge in [0.1, 0.15) is 17.5 Å². The smallest absolute Gasteiger partial charge is 0.351 e. The third-order valence-corrected chi connectivity index (χ3v) is 3.15. The fraction of sp³-hybridized carbons (Fsp3) is 0.500. The average Bonchev–Trinajstić information content (AvgIpc) is 2.66. The number of thioether (sulfide) groups is 1. The highest BCUT2D eigenvalue weighted by Crippen LogP contribution is 2.30. The van der Waals surface area contributed by atoms with Crippen molar-refractivity contribution < 1.29 is 9.84 Å². The third-order valence-electron chi connectivity index (χ3n) is 2.04. The SMILES string of the molecule is Nc1cc[15n]([C@H]2CS[C@H](CO)O2)[13c](=O)[15n]1. The molecule has 3 N–H and O–H groups in total. The second-order valence-electron chi connectivity index (χ2n) is 3.08. The van der Waals surface area contributed by atoms with Gasteiger partial charge in [-0.25, -0.2) is 4.79 Å². The molecular formula is C8H11N3O3S. The van der Waals surface area contributed by atoms with Crippen LogP contribution in [0.15, 0.2) is 17.1 Å². The van der Waals surface area contributed by atoms with E-state index in [0.29, 0.717) is 5.75 Å². The van der Waals surface area contributed by atoms with Gasteiger partial charge < -0.3 is 15.6 Å². The molecule has 2 heterocycles. The molecule has 0 radical (unpaired) electrons. The van der Waals surface area contributed by atoms with Crippen LogP contribution < -0.4 is 11.4 Å². The number of ether oxygens (including phenoxy) is 1. The molecule has 0 saturated carbocycles. The monoisotopic (exact) mass is 232 g/mol. The molecule has 1 aliphatic heterocycles. The van der Waals surface area contributed by atoms with Crippen molar-refractivity contribution in [2.45, 2.75) is 11.7 Å². The van der Waals surface area contributed by atoms with Crippen LogP contribution in [0.4, 0.5) is 5.82 Å². The van der Waals surface area contributed by atoms with Crippen molar-refractivity contribution in [3.05, 3.63) is 22.7 Å². The number of nitrogens with zero attached hydrogens (tertiary/aromatic N) is 2. The summed E-state index contributed by atoms with van der Waals surface area (Å²) in [4.78, 5) is 15.0. The molecule has 1 fully saturated rings. The van der Waals surface area contributed by atoms with Crippen LogP contribution >= 0.6 is 11.8 Å². The highest BCUT2D eigenvalue weighted by molar-refractivity contribution is 8.00. The molecule has 2 rings (SSSR count). The number of rotatable bonds is 2. The minimum Gasteiger partial charge on any atom is -0.393 e. The van der Waals surface area contributed by atoms with Gasteiger partial charge in [0.2, 0.25) is 0 Å². The third kappa shape index (κ3) is 2.14. The standard InChI is InChI=1S/C8H11N3O3S/c9-5-1-2-11(8(13)10-5)6-4-15-7(3-12)14-6/h1-2,6-7,12H,3-4H2,(H2,9,10,13)/t6-,7-/m1/s1/i8+1,10+1,11+1. The van der Waals surface area contributed by atoms with Gasteiger partial charge in [0.15, 0.2) is 0 Å². The van der Waals surface area contributed by atoms with Crippen LogP contribution in [0.3, 0.4) is 0 Å². The summed E-state index contributed by atoms with van der Waals surface area (Å²) in [5.41, 5.74) is 4.67. The molecule has 1 aliphatic rings. The van der Waals surface area contributed by atoms with E-state index >= 15 is 0 Å². The molecule has 0 spiro atoms. The lowest BCUT2D eigenvalue weighted by Gasteiger charge is -2.13. The van der Waals surface area contributed by atoms with E-state index in [-0.39, 0.29) is 24.1 Å². The van der Waals surface area contributed by atoms with E-state index < -0.39 is 5.69 Å². The Morgan fingerprint density at radius 3 is 3.20 bits per heavy atom. The maximum Gasteiger partial charge on any atom is 0.351 e. The average molecular weight is 232 g/mol. The van der Waals surface area contributed by atoms with Crippen LogP contribution in [0.2, 0.25) is 0 Å². The predicted octanol–water partition coefficient (Wildman–Crippen LogP) is -0.594. The number of hydrogen-bond acceptors (Lipinski definition) is 6. The molecule has 0 amide bonds. The summed E-state index contributed by atoms with van der Waals surface area (Å²) in [6.07, 6.45) is 1.18. The Hall–Kier alpha value is -1.05.